The number of carbonyl (C=O) groups excluding carboxylic acids is 1. The average molecular weight is 316 g/mol. The monoisotopic (exact) mass is 316 g/mol. The van der Waals surface area contributed by atoms with Gasteiger partial charge in [-0.3, -0.25) is 4.79 Å². The van der Waals surface area contributed by atoms with Crippen molar-refractivity contribution >= 4 is 5.91 Å². The molecule has 1 fully saturated rings. The van der Waals surface area contributed by atoms with E-state index in [0.29, 0.717) is 30.3 Å². The molecule has 1 saturated heterocycles. The molecule has 0 bridgehead atoms. The fraction of sp³-hybridized carbons (Fsp3) is 0.471. The summed E-state index contributed by atoms with van der Waals surface area (Å²) in [4.78, 5) is 14.3. The number of aromatic nitrogens is 3. The number of rotatable bonds is 3. The molecule has 23 heavy (non-hydrogen) atoms. The minimum atomic E-state index is -0.331. The number of hydrogen-bond donors (Lipinski definition) is 0. The summed E-state index contributed by atoms with van der Waals surface area (Å²) < 4.78 is 15.8. The van der Waals surface area contributed by atoms with Crippen LogP contribution in [0.2, 0.25) is 0 Å². The fourth-order valence-electron chi connectivity index (χ4n) is 3.08. The van der Waals surface area contributed by atoms with Gasteiger partial charge < -0.3 is 9.47 Å². The number of likely N-dealkylation sites (tertiary alicyclic amines) is 1. The average Bonchev–Trinajstić information content (AvgIpc) is 3.05. The zero-order valence-corrected chi connectivity index (χ0v) is 13.5. The van der Waals surface area contributed by atoms with Gasteiger partial charge >= 0.3 is 0 Å². The number of hydrogen-bond acceptors (Lipinski definition) is 3. The number of nitrogens with zero attached hydrogens (tertiary/aromatic N) is 4. The molecular weight excluding hydrogens is 295 g/mol. The molecule has 0 saturated carbocycles. The van der Waals surface area contributed by atoms with Crippen molar-refractivity contribution in [1.82, 2.24) is 19.7 Å². The van der Waals surface area contributed by atoms with Crippen LogP contribution in [0.25, 0.3) is 0 Å². The number of benzene rings is 1. The number of halogens is 1. The Morgan fingerprint density at radius 3 is 2.74 bits per heavy atom. The van der Waals surface area contributed by atoms with Gasteiger partial charge in [0.15, 0.2) is 0 Å². The quantitative estimate of drug-likeness (QED) is 0.875. The van der Waals surface area contributed by atoms with Gasteiger partial charge in [-0.15, -0.1) is 10.2 Å². The summed E-state index contributed by atoms with van der Waals surface area (Å²) in [5.74, 6) is 0.556. The van der Waals surface area contributed by atoms with Gasteiger partial charge in [-0.05, 0) is 37.5 Å². The second-order valence-electron chi connectivity index (χ2n) is 6.00. The maximum absolute atomic E-state index is 13.7. The highest BCUT2D eigenvalue weighted by atomic mass is 19.1. The van der Waals surface area contributed by atoms with Gasteiger partial charge in [-0.25, -0.2) is 4.39 Å². The van der Waals surface area contributed by atoms with Crippen LogP contribution in [0.5, 0.6) is 0 Å². The lowest BCUT2D eigenvalue weighted by atomic mass is 10.0. The Morgan fingerprint density at radius 2 is 2.09 bits per heavy atom. The molecule has 0 radical (unpaired) electrons. The molecule has 1 amide bonds. The Morgan fingerprint density at radius 1 is 1.35 bits per heavy atom. The van der Waals surface area contributed by atoms with E-state index in [1.54, 1.807) is 30.3 Å². The lowest BCUT2D eigenvalue weighted by molar-refractivity contribution is 0.0693. The maximum atomic E-state index is 13.7. The predicted octanol–water partition coefficient (Wildman–Crippen LogP) is 2.77. The summed E-state index contributed by atoms with van der Waals surface area (Å²) in [5, 5.41) is 8.10. The first-order valence-corrected chi connectivity index (χ1v) is 8.04. The molecule has 6 heteroatoms. The van der Waals surface area contributed by atoms with E-state index in [1.165, 1.54) is 6.07 Å². The molecular formula is C17H21FN4O. The normalized spacial score (nSPS) is 15.9. The molecule has 1 aromatic carbocycles. The first-order chi connectivity index (χ1) is 11.1. The molecule has 2 heterocycles. The van der Waals surface area contributed by atoms with Crippen molar-refractivity contribution in [3.8, 4) is 0 Å². The lowest BCUT2D eigenvalue weighted by Gasteiger charge is -2.33. The first kappa shape index (κ1) is 15.6. The molecule has 1 aliphatic heterocycles. The molecule has 1 aliphatic rings. The van der Waals surface area contributed by atoms with Crippen LogP contribution >= 0.6 is 0 Å². The third-order valence-electron chi connectivity index (χ3n) is 4.53. The standard InChI is InChI=1S/C17H21FN4O/c1-3-16-20-19-11-22(16)14-6-8-21(9-7-14)17(23)13-5-4-12(2)15(18)10-13/h4-5,10-11,14H,3,6-9H2,1-2H3. The van der Waals surface area contributed by atoms with Crippen LogP contribution in [-0.4, -0.2) is 38.7 Å². The number of aryl methyl sites for hydroxylation is 2. The third-order valence-corrected chi connectivity index (χ3v) is 4.53. The van der Waals surface area contributed by atoms with Crippen molar-refractivity contribution in [2.75, 3.05) is 13.1 Å². The Bertz CT molecular complexity index is 704. The second kappa shape index (κ2) is 6.48. The first-order valence-electron chi connectivity index (χ1n) is 8.04. The van der Waals surface area contributed by atoms with E-state index in [-0.39, 0.29) is 11.7 Å². The van der Waals surface area contributed by atoms with Crippen LogP contribution < -0.4 is 0 Å². The highest BCUT2D eigenvalue weighted by Gasteiger charge is 2.26. The van der Waals surface area contributed by atoms with Crippen molar-refractivity contribution in [3.05, 3.63) is 47.3 Å². The van der Waals surface area contributed by atoms with Gasteiger partial charge in [-0.2, -0.15) is 0 Å². The number of amides is 1. The van der Waals surface area contributed by atoms with Gasteiger partial charge in [0.25, 0.3) is 5.91 Å². The summed E-state index contributed by atoms with van der Waals surface area (Å²) in [6.07, 6.45) is 4.36. The predicted molar refractivity (Wildman–Crippen MR) is 84.7 cm³/mol. The maximum Gasteiger partial charge on any atom is 0.253 e. The summed E-state index contributed by atoms with van der Waals surface area (Å²) in [6.45, 7) is 5.09. The zero-order chi connectivity index (χ0) is 16.4. The summed E-state index contributed by atoms with van der Waals surface area (Å²) >= 11 is 0. The van der Waals surface area contributed by atoms with Crippen molar-refractivity contribution in [3.63, 3.8) is 0 Å². The van der Waals surface area contributed by atoms with Crippen molar-refractivity contribution < 1.29 is 9.18 Å². The van der Waals surface area contributed by atoms with Crippen LogP contribution in [0.15, 0.2) is 24.5 Å². The molecule has 0 spiro atoms. The van der Waals surface area contributed by atoms with E-state index in [0.717, 1.165) is 25.1 Å². The van der Waals surface area contributed by atoms with Crippen molar-refractivity contribution in [2.45, 2.75) is 39.2 Å². The van der Waals surface area contributed by atoms with Crippen LogP contribution in [0.1, 0.15) is 47.6 Å². The van der Waals surface area contributed by atoms with Crippen molar-refractivity contribution in [1.29, 1.82) is 0 Å². The van der Waals surface area contributed by atoms with Crippen LogP contribution in [0.4, 0.5) is 4.39 Å². The zero-order valence-electron chi connectivity index (χ0n) is 13.5. The highest BCUT2D eigenvalue weighted by molar-refractivity contribution is 5.94. The lowest BCUT2D eigenvalue weighted by Crippen LogP contribution is -2.39. The van der Waals surface area contributed by atoms with Crippen LogP contribution in [0.3, 0.4) is 0 Å². The Kier molecular flexibility index (Phi) is 4.41. The van der Waals surface area contributed by atoms with E-state index in [1.807, 2.05) is 0 Å². The number of piperidine rings is 1. The van der Waals surface area contributed by atoms with E-state index in [9.17, 15) is 9.18 Å². The Labute approximate surface area is 135 Å². The van der Waals surface area contributed by atoms with E-state index in [2.05, 4.69) is 21.7 Å². The summed E-state index contributed by atoms with van der Waals surface area (Å²) in [7, 11) is 0. The topological polar surface area (TPSA) is 51.0 Å². The van der Waals surface area contributed by atoms with Crippen LogP contribution in [-0.2, 0) is 6.42 Å². The van der Waals surface area contributed by atoms with Gasteiger partial charge in [0.1, 0.15) is 18.0 Å². The van der Waals surface area contributed by atoms with E-state index < -0.39 is 0 Å². The van der Waals surface area contributed by atoms with Gasteiger partial charge in [-0.1, -0.05) is 13.0 Å². The van der Waals surface area contributed by atoms with Crippen LogP contribution in [0, 0.1) is 12.7 Å². The molecule has 0 unspecified atom stereocenters. The second-order valence-corrected chi connectivity index (χ2v) is 6.00. The van der Waals surface area contributed by atoms with E-state index >= 15 is 0 Å². The van der Waals surface area contributed by atoms with Gasteiger partial charge in [0.2, 0.25) is 0 Å². The van der Waals surface area contributed by atoms with Gasteiger partial charge in [0.05, 0.1) is 0 Å². The summed E-state index contributed by atoms with van der Waals surface area (Å²) in [6, 6.07) is 5.01. The highest BCUT2D eigenvalue weighted by Crippen LogP contribution is 2.24. The summed E-state index contributed by atoms with van der Waals surface area (Å²) in [5.41, 5.74) is 0.977. The minimum Gasteiger partial charge on any atom is -0.338 e. The molecule has 5 nitrogen and oxygen atoms in total. The van der Waals surface area contributed by atoms with E-state index in [4.69, 9.17) is 0 Å². The smallest absolute Gasteiger partial charge is 0.253 e. The van der Waals surface area contributed by atoms with Gasteiger partial charge in [0, 0.05) is 31.1 Å². The largest absolute Gasteiger partial charge is 0.338 e. The Hall–Kier alpha value is -2.24. The molecule has 2 aromatic rings. The molecule has 122 valence electrons. The third kappa shape index (κ3) is 3.11. The molecule has 3 rings (SSSR count). The van der Waals surface area contributed by atoms with Crippen molar-refractivity contribution in [2.24, 2.45) is 0 Å². The fourth-order valence-corrected chi connectivity index (χ4v) is 3.08. The molecule has 0 N–H and O–H groups in total. The molecule has 1 aromatic heterocycles. The minimum absolute atomic E-state index is 0.0955. The SMILES string of the molecule is CCc1nncn1C1CCN(C(=O)c2ccc(C)c(F)c2)CC1. The number of carbonyl (C=O) groups is 1. The molecule has 0 aliphatic carbocycles. The molecule has 0 atom stereocenters. The Balaban J connectivity index is 1.66.